The standard InChI is InChI=1S/C27H31N3O2/c1-18(19-7-3-2-4-8-19)25(21-11-13-22(14-12-21)26(28)31)30-27(32)29-24-16-15-20-9-5-6-10-23(20)17-24/h5-6,9-19,25H,2-4,7-8H2,1H3,(H2,28,31)(H2,29,30,32)/t18-,25?/m1/s1. The molecule has 32 heavy (non-hydrogen) atoms. The average molecular weight is 430 g/mol. The summed E-state index contributed by atoms with van der Waals surface area (Å²) >= 11 is 0. The van der Waals surface area contributed by atoms with Crippen molar-refractivity contribution in [3.05, 3.63) is 77.9 Å². The van der Waals surface area contributed by atoms with Crippen molar-refractivity contribution in [2.24, 2.45) is 17.6 Å². The highest BCUT2D eigenvalue weighted by molar-refractivity contribution is 5.94. The molecule has 1 aliphatic carbocycles. The monoisotopic (exact) mass is 429 g/mol. The highest BCUT2D eigenvalue weighted by atomic mass is 16.2. The summed E-state index contributed by atoms with van der Waals surface area (Å²) in [4.78, 5) is 24.5. The van der Waals surface area contributed by atoms with Gasteiger partial charge in [-0.2, -0.15) is 0 Å². The molecule has 0 bridgehead atoms. The van der Waals surface area contributed by atoms with Crippen molar-refractivity contribution in [3.8, 4) is 0 Å². The largest absolute Gasteiger partial charge is 0.366 e. The number of benzene rings is 3. The van der Waals surface area contributed by atoms with Crippen LogP contribution >= 0.6 is 0 Å². The van der Waals surface area contributed by atoms with Crippen molar-refractivity contribution < 1.29 is 9.59 Å². The quantitative estimate of drug-likeness (QED) is 0.448. The van der Waals surface area contributed by atoms with Crippen LogP contribution in [0.2, 0.25) is 0 Å². The molecule has 1 unspecified atom stereocenters. The zero-order chi connectivity index (χ0) is 22.5. The first-order valence-corrected chi connectivity index (χ1v) is 11.5. The first-order chi connectivity index (χ1) is 15.5. The summed E-state index contributed by atoms with van der Waals surface area (Å²) < 4.78 is 0. The van der Waals surface area contributed by atoms with Crippen molar-refractivity contribution in [1.82, 2.24) is 5.32 Å². The summed E-state index contributed by atoms with van der Waals surface area (Å²) in [6.07, 6.45) is 6.14. The lowest BCUT2D eigenvalue weighted by atomic mass is 9.76. The Morgan fingerprint density at radius 3 is 2.28 bits per heavy atom. The van der Waals surface area contributed by atoms with Gasteiger partial charge in [0.2, 0.25) is 5.91 Å². The Morgan fingerprint density at radius 2 is 1.59 bits per heavy atom. The summed E-state index contributed by atoms with van der Waals surface area (Å²) in [7, 11) is 0. The first kappa shape index (κ1) is 21.9. The van der Waals surface area contributed by atoms with E-state index in [1.807, 2.05) is 48.5 Å². The number of carbonyl (C=O) groups excluding carboxylic acids is 2. The molecule has 2 atom stereocenters. The number of nitrogens with two attached hydrogens (primary N) is 1. The van der Waals surface area contributed by atoms with E-state index in [0.29, 0.717) is 11.5 Å². The van der Waals surface area contributed by atoms with Crippen LogP contribution in [0.1, 0.15) is 61.0 Å². The molecule has 5 heteroatoms. The van der Waals surface area contributed by atoms with E-state index in [2.05, 4.69) is 23.6 Å². The predicted molar refractivity (Wildman–Crippen MR) is 130 cm³/mol. The summed E-state index contributed by atoms with van der Waals surface area (Å²) in [6, 6.07) is 20.9. The maximum Gasteiger partial charge on any atom is 0.319 e. The van der Waals surface area contributed by atoms with E-state index in [1.54, 1.807) is 12.1 Å². The molecule has 4 N–H and O–H groups in total. The minimum Gasteiger partial charge on any atom is -0.366 e. The number of urea groups is 1. The van der Waals surface area contributed by atoms with Gasteiger partial charge in [0.25, 0.3) is 0 Å². The maximum atomic E-state index is 13.0. The molecule has 0 aliphatic heterocycles. The Labute approximate surface area is 189 Å². The van der Waals surface area contributed by atoms with Gasteiger partial charge in [-0.05, 0) is 52.4 Å². The third-order valence-electron chi connectivity index (χ3n) is 6.77. The van der Waals surface area contributed by atoms with Crippen LogP contribution in [-0.4, -0.2) is 11.9 Å². The minimum absolute atomic E-state index is 0.152. The predicted octanol–water partition coefficient (Wildman–Crippen LogP) is 6.02. The normalized spacial score (nSPS) is 16.3. The molecule has 4 rings (SSSR count). The van der Waals surface area contributed by atoms with Crippen LogP contribution in [0.5, 0.6) is 0 Å². The van der Waals surface area contributed by atoms with Crippen LogP contribution in [-0.2, 0) is 0 Å². The molecule has 1 fully saturated rings. The number of hydrogen-bond acceptors (Lipinski definition) is 2. The second-order valence-electron chi connectivity index (χ2n) is 8.88. The number of rotatable bonds is 6. The minimum atomic E-state index is -0.449. The Bertz CT molecular complexity index is 1090. The molecular weight excluding hydrogens is 398 g/mol. The molecular formula is C27H31N3O2. The summed E-state index contributed by atoms with van der Waals surface area (Å²) in [5.74, 6) is 0.387. The fourth-order valence-corrected chi connectivity index (χ4v) is 4.88. The number of primary amides is 1. The smallest absolute Gasteiger partial charge is 0.319 e. The third-order valence-corrected chi connectivity index (χ3v) is 6.77. The number of hydrogen-bond donors (Lipinski definition) is 3. The van der Waals surface area contributed by atoms with E-state index >= 15 is 0 Å². The Kier molecular flexibility index (Phi) is 6.74. The topological polar surface area (TPSA) is 84.2 Å². The van der Waals surface area contributed by atoms with Gasteiger partial charge in [-0.3, -0.25) is 4.79 Å². The van der Waals surface area contributed by atoms with Crippen LogP contribution in [0.3, 0.4) is 0 Å². The molecule has 0 aromatic heterocycles. The van der Waals surface area contributed by atoms with Gasteiger partial charge in [0, 0.05) is 11.3 Å². The van der Waals surface area contributed by atoms with Crippen molar-refractivity contribution >= 4 is 28.4 Å². The van der Waals surface area contributed by atoms with Crippen LogP contribution < -0.4 is 16.4 Å². The molecule has 0 spiro atoms. The van der Waals surface area contributed by atoms with Crippen LogP contribution in [0, 0.1) is 11.8 Å². The number of amides is 3. The highest BCUT2D eigenvalue weighted by Crippen LogP contribution is 2.37. The van der Waals surface area contributed by atoms with E-state index in [4.69, 9.17) is 5.73 Å². The molecule has 0 saturated heterocycles. The lowest BCUT2D eigenvalue weighted by Gasteiger charge is -2.34. The highest BCUT2D eigenvalue weighted by Gasteiger charge is 2.29. The van der Waals surface area contributed by atoms with Crippen LogP contribution in [0.4, 0.5) is 10.5 Å². The van der Waals surface area contributed by atoms with E-state index < -0.39 is 5.91 Å². The van der Waals surface area contributed by atoms with Gasteiger partial charge in [0.1, 0.15) is 0 Å². The van der Waals surface area contributed by atoms with Crippen molar-refractivity contribution in [3.63, 3.8) is 0 Å². The van der Waals surface area contributed by atoms with Gasteiger partial charge in [0.05, 0.1) is 6.04 Å². The SMILES string of the molecule is C[C@H](C1CCCCC1)C(NC(=O)Nc1ccc2ccccc2c1)c1ccc(C(N)=O)cc1. The summed E-state index contributed by atoms with van der Waals surface area (Å²) in [6.45, 7) is 2.22. The Hall–Kier alpha value is -3.34. The fraction of sp³-hybridized carbons (Fsp3) is 0.333. The molecule has 1 aliphatic rings. The molecule has 3 amide bonds. The van der Waals surface area contributed by atoms with Crippen molar-refractivity contribution in [2.75, 3.05) is 5.32 Å². The molecule has 3 aromatic carbocycles. The van der Waals surface area contributed by atoms with Crippen LogP contribution in [0.25, 0.3) is 10.8 Å². The third kappa shape index (κ3) is 5.10. The lowest BCUT2D eigenvalue weighted by molar-refractivity contribution is 0.1000. The zero-order valence-corrected chi connectivity index (χ0v) is 18.5. The van der Waals surface area contributed by atoms with Gasteiger partial charge in [-0.25, -0.2) is 4.79 Å². The van der Waals surface area contributed by atoms with Gasteiger partial charge >= 0.3 is 6.03 Å². The lowest BCUT2D eigenvalue weighted by Crippen LogP contribution is -2.38. The van der Waals surface area contributed by atoms with E-state index in [-0.39, 0.29) is 18.0 Å². The summed E-state index contributed by atoms with van der Waals surface area (Å²) in [5, 5.41) is 8.43. The Balaban J connectivity index is 1.53. The second kappa shape index (κ2) is 9.86. The van der Waals surface area contributed by atoms with Crippen LogP contribution in [0.15, 0.2) is 66.7 Å². The number of carbonyl (C=O) groups is 2. The number of nitrogens with one attached hydrogen (secondary N) is 2. The molecule has 0 heterocycles. The second-order valence-corrected chi connectivity index (χ2v) is 8.88. The van der Waals surface area contributed by atoms with Crippen molar-refractivity contribution in [2.45, 2.75) is 45.1 Å². The Morgan fingerprint density at radius 1 is 0.906 bits per heavy atom. The fourth-order valence-electron chi connectivity index (χ4n) is 4.88. The molecule has 0 radical (unpaired) electrons. The summed E-state index contributed by atoms with van der Waals surface area (Å²) in [5.41, 5.74) is 7.62. The number of fused-ring (bicyclic) bond motifs is 1. The van der Waals surface area contributed by atoms with Gasteiger partial charge in [0.15, 0.2) is 0 Å². The van der Waals surface area contributed by atoms with Gasteiger partial charge in [-0.15, -0.1) is 0 Å². The molecule has 5 nitrogen and oxygen atoms in total. The number of anilines is 1. The van der Waals surface area contributed by atoms with E-state index in [0.717, 1.165) is 22.0 Å². The first-order valence-electron chi connectivity index (χ1n) is 11.5. The van der Waals surface area contributed by atoms with E-state index in [9.17, 15) is 9.59 Å². The average Bonchev–Trinajstić information content (AvgIpc) is 2.82. The molecule has 3 aromatic rings. The maximum absolute atomic E-state index is 13.0. The zero-order valence-electron chi connectivity index (χ0n) is 18.5. The van der Waals surface area contributed by atoms with E-state index in [1.165, 1.54) is 32.1 Å². The molecule has 166 valence electrons. The van der Waals surface area contributed by atoms with Gasteiger partial charge < -0.3 is 16.4 Å². The van der Waals surface area contributed by atoms with Crippen molar-refractivity contribution in [1.29, 1.82) is 0 Å². The van der Waals surface area contributed by atoms with Gasteiger partial charge in [-0.1, -0.05) is 81.5 Å². The molecule has 1 saturated carbocycles.